The Labute approximate surface area is 139 Å². The highest BCUT2D eigenvalue weighted by molar-refractivity contribution is 5.75. The van der Waals surface area contributed by atoms with Crippen LogP contribution >= 0.6 is 0 Å². The number of hydrogen-bond acceptors (Lipinski definition) is 5. The van der Waals surface area contributed by atoms with Gasteiger partial charge in [-0.3, -0.25) is 9.69 Å². The fourth-order valence-corrected chi connectivity index (χ4v) is 2.93. The molecule has 0 aliphatic carbocycles. The Morgan fingerprint density at radius 3 is 2.75 bits per heavy atom. The molecule has 6 heteroatoms. The average molecular weight is 325 g/mol. The number of aromatic hydroxyl groups is 1. The first-order chi connectivity index (χ1) is 11.6. The van der Waals surface area contributed by atoms with Crippen LogP contribution in [-0.2, 0) is 11.3 Å². The lowest BCUT2D eigenvalue weighted by molar-refractivity contribution is 0.0342. The second-order valence-corrected chi connectivity index (χ2v) is 5.92. The van der Waals surface area contributed by atoms with Gasteiger partial charge in [0.2, 0.25) is 0 Å². The SMILES string of the molecule is Cc1cc(-c2cc(CN3CCOCC3)ccc2O)c(C#N)c(=O)[nH]1. The van der Waals surface area contributed by atoms with Crippen LogP contribution in [0.5, 0.6) is 5.75 Å². The van der Waals surface area contributed by atoms with E-state index in [0.29, 0.717) is 16.8 Å². The van der Waals surface area contributed by atoms with Gasteiger partial charge in [0.1, 0.15) is 17.4 Å². The zero-order valence-electron chi connectivity index (χ0n) is 13.5. The number of nitriles is 1. The predicted octanol–water partition coefficient (Wildman–Crippen LogP) is 1.76. The standard InChI is InChI=1S/C18H19N3O3/c1-12-8-14(16(10-19)18(23)20-12)15-9-13(2-3-17(15)22)11-21-4-6-24-7-5-21/h2-3,8-9,22H,4-7,11H2,1H3,(H,20,23). The van der Waals surface area contributed by atoms with Crippen LogP contribution < -0.4 is 5.56 Å². The van der Waals surface area contributed by atoms with E-state index in [9.17, 15) is 15.2 Å². The Morgan fingerprint density at radius 2 is 2.04 bits per heavy atom. The number of rotatable bonds is 3. The first-order valence-corrected chi connectivity index (χ1v) is 7.85. The summed E-state index contributed by atoms with van der Waals surface area (Å²) in [5.41, 5.74) is 2.20. The number of pyridine rings is 1. The number of phenols is 1. The molecule has 0 saturated carbocycles. The summed E-state index contributed by atoms with van der Waals surface area (Å²) in [6.45, 7) is 5.66. The minimum absolute atomic E-state index is 0.0134. The maximum Gasteiger partial charge on any atom is 0.266 e. The highest BCUT2D eigenvalue weighted by atomic mass is 16.5. The van der Waals surface area contributed by atoms with Crippen LogP contribution in [0.1, 0.15) is 16.8 Å². The van der Waals surface area contributed by atoms with Crippen molar-refractivity contribution in [2.45, 2.75) is 13.5 Å². The Balaban J connectivity index is 2.01. The van der Waals surface area contributed by atoms with E-state index in [1.54, 1.807) is 19.1 Å². The molecular formula is C18H19N3O3. The first-order valence-electron chi connectivity index (χ1n) is 7.85. The van der Waals surface area contributed by atoms with Crippen molar-refractivity contribution in [2.24, 2.45) is 0 Å². The lowest BCUT2D eigenvalue weighted by Gasteiger charge is -2.26. The molecule has 1 fully saturated rings. The predicted molar refractivity (Wildman–Crippen MR) is 89.7 cm³/mol. The van der Waals surface area contributed by atoms with Crippen LogP contribution in [-0.4, -0.2) is 41.3 Å². The first kappa shape index (κ1) is 16.2. The quantitative estimate of drug-likeness (QED) is 0.897. The lowest BCUT2D eigenvalue weighted by atomic mass is 9.98. The van der Waals surface area contributed by atoms with Crippen LogP contribution in [0.25, 0.3) is 11.1 Å². The third kappa shape index (κ3) is 3.32. The fraction of sp³-hybridized carbons (Fsp3) is 0.333. The Hall–Kier alpha value is -2.62. The number of aryl methyl sites for hydroxylation is 1. The van der Waals surface area contributed by atoms with Crippen molar-refractivity contribution in [2.75, 3.05) is 26.3 Å². The molecule has 124 valence electrons. The maximum absolute atomic E-state index is 12.0. The van der Waals surface area contributed by atoms with Gasteiger partial charge in [0.15, 0.2) is 0 Å². The number of nitrogens with zero attached hydrogens (tertiary/aromatic N) is 2. The molecule has 1 aliphatic heterocycles. The van der Waals surface area contributed by atoms with Crippen molar-refractivity contribution in [3.63, 3.8) is 0 Å². The van der Waals surface area contributed by atoms with Crippen LogP contribution in [0, 0.1) is 18.3 Å². The van der Waals surface area contributed by atoms with Crippen LogP contribution in [0.4, 0.5) is 0 Å². The summed E-state index contributed by atoms with van der Waals surface area (Å²) in [7, 11) is 0. The molecule has 2 heterocycles. The van der Waals surface area contributed by atoms with E-state index >= 15 is 0 Å². The average Bonchev–Trinajstić information content (AvgIpc) is 2.57. The zero-order valence-corrected chi connectivity index (χ0v) is 13.5. The molecule has 0 atom stereocenters. The van der Waals surface area contributed by atoms with Gasteiger partial charge in [0, 0.05) is 36.5 Å². The Morgan fingerprint density at radius 1 is 1.29 bits per heavy atom. The number of phenolic OH excluding ortho intramolecular Hbond substituents is 1. The summed E-state index contributed by atoms with van der Waals surface area (Å²) in [5, 5.41) is 19.5. The highest BCUT2D eigenvalue weighted by Gasteiger charge is 2.16. The summed E-state index contributed by atoms with van der Waals surface area (Å²) in [5.74, 6) is 0.0576. The number of aromatic amines is 1. The minimum atomic E-state index is -0.439. The molecule has 1 saturated heterocycles. The zero-order chi connectivity index (χ0) is 17.1. The van der Waals surface area contributed by atoms with Gasteiger partial charge < -0.3 is 14.8 Å². The van der Waals surface area contributed by atoms with E-state index < -0.39 is 5.56 Å². The summed E-state index contributed by atoms with van der Waals surface area (Å²) < 4.78 is 5.35. The molecule has 0 bridgehead atoms. The molecule has 2 N–H and O–H groups in total. The number of H-pyrrole nitrogens is 1. The molecule has 24 heavy (non-hydrogen) atoms. The van der Waals surface area contributed by atoms with E-state index in [1.807, 2.05) is 18.2 Å². The molecule has 0 spiro atoms. The monoisotopic (exact) mass is 325 g/mol. The summed E-state index contributed by atoms with van der Waals surface area (Å²) in [6.07, 6.45) is 0. The largest absolute Gasteiger partial charge is 0.507 e. The Kier molecular flexibility index (Phi) is 4.65. The molecule has 0 radical (unpaired) electrons. The molecule has 0 amide bonds. The summed E-state index contributed by atoms with van der Waals surface area (Å²) >= 11 is 0. The molecule has 6 nitrogen and oxygen atoms in total. The molecular weight excluding hydrogens is 306 g/mol. The van der Waals surface area contributed by atoms with Gasteiger partial charge in [-0.05, 0) is 30.7 Å². The fourth-order valence-electron chi connectivity index (χ4n) is 2.93. The topological polar surface area (TPSA) is 89.3 Å². The van der Waals surface area contributed by atoms with Gasteiger partial charge in [-0.15, -0.1) is 0 Å². The highest BCUT2D eigenvalue weighted by Crippen LogP contribution is 2.32. The number of ether oxygens (including phenoxy) is 1. The van der Waals surface area contributed by atoms with Crippen LogP contribution in [0.15, 0.2) is 29.1 Å². The third-order valence-electron chi connectivity index (χ3n) is 4.14. The number of nitrogens with one attached hydrogen (secondary N) is 1. The molecule has 2 aromatic rings. The van der Waals surface area contributed by atoms with Crippen molar-refractivity contribution in [1.29, 1.82) is 5.26 Å². The Bertz CT molecular complexity index is 846. The molecule has 0 unspecified atom stereocenters. The van der Waals surface area contributed by atoms with Crippen molar-refractivity contribution in [3.05, 3.63) is 51.4 Å². The van der Waals surface area contributed by atoms with Crippen molar-refractivity contribution in [1.82, 2.24) is 9.88 Å². The number of hydrogen-bond donors (Lipinski definition) is 2. The van der Waals surface area contributed by atoms with E-state index in [0.717, 1.165) is 38.4 Å². The molecule has 3 rings (SSSR count). The normalized spacial score (nSPS) is 15.2. The van der Waals surface area contributed by atoms with E-state index in [4.69, 9.17) is 4.74 Å². The van der Waals surface area contributed by atoms with Gasteiger partial charge >= 0.3 is 0 Å². The second-order valence-electron chi connectivity index (χ2n) is 5.92. The number of aromatic nitrogens is 1. The second kappa shape index (κ2) is 6.87. The van der Waals surface area contributed by atoms with Gasteiger partial charge in [-0.25, -0.2) is 0 Å². The number of benzene rings is 1. The smallest absolute Gasteiger partial charge is 0.266 e. The van der Waals surface area contributed by atoms with E-state index in [2.05, 4.69) is 9.88 Å². The van der Waals surface area contributed by atoms with Crippen molar-refractivity contribution in [3.8, 4) is 22.9 Å². The summed E-state index contributed by atoms with van der Waals surface area (Å²) in [6, 6.07) is 8.97. The van der Waals surface area contributed by atoms with Gasteiger partial charge in [-0.1, -0.05) is 6.07 Å². The van der Waals surface area contributed by atoms with Crippen molar-refractivity contribution < 1.29 is 9.84 Å². The molecule has 1 aromatic carbocycles. The molecule has 1 aromatic heterocycles. The van der Waals surface area contributed by atoms with Crippen LogP contribution in [0.2, 0.25) is 0 Å². The maximum atomic E-state index is 12.0. The van der Waals surface area contributed by atoms with E-state index in [1.165, 1.54) is 0 Å². The van der Waals surface area contributed by atoms with E-state index in [-0.39, 0.29) is 11.3 Å². The van der Waals surface area contributed by atoms with Crippen LogP contribution in [0.3, 0.4) is 0 Å². The summed E-state index contributed by atoms with van der Waals surface area (Å²) in [4.78, 5) is 16.9. The lowest BCUT2D eigenvalue weighted by Crippen LogP contribution is -2.35. The molecule has 1 aliphatic rings. The van der Waals surface area contributed by atoms with Crippen molar-refractivity contribution >= 4 is 0 Å². The minimum Gasteiger partial charge on any atom is -0.507 e. The van der Waals surface area contributed by atoms with Gasteiger partial charge in [0.05, 0.1) is 13.2 Å². The third-order valence-corrected chi connectivity index (χ3v) is 4.14. The number of morpholine rings is 1. The van der Waals surface area contributed by atoms with Gasteiger partial charge in [-0.2, -0.15) is 5.26 Å². The van der Waals surface area contributed by atoms with Gasteiger partial charge in [0.25, 0.3) is 5.56 Å².